The summed E-state index contributed by atoms with van der Waals surface area (Å²) in [5.74, 6) is 0.644. The fourth-order valence-electron chi connectivity index (χ4n) is 1.76. The molecule has 0 radical (unpaired) electrons. The molecule has 1 aliphatic rings. The third-order valence-electron chi connectivity index (χ3n) is 2.54. The second kappa shape index (κ2) is 4.48. The van der Waals surface area contributed by atoms with Crippen molar-refractivity contribution < 1.29 is 4.74 Å². The third kappa shape index (κ3) is 2.48. The minimum atomic E-state index is 0.167. The van der Waals surface area contributed by atoms with Crippen LogP contribution >= 0.6 is 0 Å². The SMILES string of the molecule is COc1nc(N)nc(NC2CCN(C)C2)n1. The van der Waals surface area contributed by atoms with Crippen LogP contribution in [0.25, 0.3) is 0 Å². The highest BCUT2D eigenvalue weighted by Gasteiger charge is 2.20. The fraction of sp³-hybridized carbons (Fsp3) is 0.667. The molecule has 16 heavy (non-hydrogen) atoms. The first-order valence-corrected chi connectivity index (χ1v) is 5.18. The Kier molecular flexibility index (Phi) is 3.04. The molecule has 1 aromatic heterocycles. The Labute approximate surface area is 94.0 Å². The predicted molar refractivity (Wildman–Crippen MR) is 60.3 cm³/mol. The largest absolute Gasteiger partial charge is 0.467 e. The molecule has 7 heteroatoms. The van der Waals surface area contributed by atoms with Gasteiger partial charge in [-0.2, -0.15) is 15.0 Å². The molecule has 2 rings (SSSR count). The number of methoxy groups -OCH3 is 1. The maximum Gasteiger partial charge on any atom is 0.322 e. The van der Waals surface area contributed by atoms with Gasteiger partial charge in [-0.3, -0.25) is 0 Å². The Morgan fingerprint density at radius 1 is 1.44 bits per heavy atom. The van der Waals surface area contributed by atoms with Gasteiger partial charge in [0.15, 0.2) is 0 Å². The van der Waals surface area contributed by atoms with Crippen LogP contribution in [-0.2, 0) is 0 Å². The van der Waals surface area contributed by atoms with E-state index in [1.165, 1.54) is 7.11 Å². The second-order valence-corrected chi connectivity index (χ2v) is 3.90. The lowest BCUT2D eigenvalue weighted by Crippen LogP contribution is -2.25. The maximum atomic E-state index is 5.54. The number of rotatable bonds is 3. The van der Waals surface area contributed by atoms with E-state index in [2.05, 4.69) is 32.2 Å². The molecule has 0 saturated carbocycles. The molecule has 0 bridgehead atoms. The molecule has 1 fully saturated rings. The van der Waals surface area contributed by atoms with Gasteiger partial charge in [-0.25, -0.2) is 0 Å². The number of nitrogens with zero attached hydrogens (tertiary/aromatic N) is 4. The zero-order chi connectivity index (χ0) is 11.5. The van der Waals surface area contributed by atoms with Gasteiger partial charge in [-0.1, -0.05) is 0 Å². The minimum absolute atomic E-state index is 0.167. The number of hydrogen-bond acceptors (Lipinski definition) is 7. The summed E-state index contributed by atoms with van der Waals surface area (Å²) in [6, 6.07) is 0.595. The van der Waals surface area contributed by atoms with Crippen molar-refractivity contribution in [2.45, 2.75) is 12.5 Å². The van der Waals surface area contributed by atoms with E-state index in [0.29, 0.717) is 12.0 Å². The molecular formula is C9H16N6O. The quantitative estimate of drug-likeness (QED) is 0.720. The Morgan fingerprint density at radius 3 is 2.88 bits per heavy atom. The van der Waals surface area contributed by atoms with Gasteiger partial charge < -0.3 is 20.7 Å². The number of aromatic nitrogens is 3. The molecule has 0 aromatic carbocycles. The molecule has 1 aromatic rings. The smallest absolute Gasteiger partial charge is 0.322 e. The number of ether oxygens (including phenoxy) is 1. The van der Waals surface area contributed by atoms with Gasteiger partial charge in [0.25, 0.3) is 0 Å². The Balaban J connectivity index is 2.06. The average molecular weight is 224 g/mol. The van der Waals surface area contributed by atoms with Gasteiger partial charge in [0.1, 0.15) is 0 Å². The van der Waals surface area contributed by atoms with Crippen LogP contribution < -0.4 is 15.8 Å². The third-order valence-corrected chi connectivity index (χ3v) is 2.54. The van der Waals surface area contributed by atoms with Crippen LogP contribution in [0.2, 0.25) is 0 Å². The highest BCUT2D eigenvalue weighted by atomic mass is 16.5. The number of hydrogen-bond donors (Lipinski definition) is 2. The van der Waals surface area contributed by atoms with Gasteiger partial charge in [0.05, 0.1) is 7.11 Å². The Bertz CT molecular complexity index is 371. The highest BCUT2D eigenvalue weighted by molar-refractivity contribution is 5.33. The van der Waals surface area contributed by atoms with Crippen molar-refractivity contribution in [2.24, 2.45) is 0 Å². The number of nitrogens with one attached hydrogen (secondary N) is 1. The molecule has 0 amide bonds. The van der Waals surface area contributed by atoms with Crippen molar-refractivity contribution in [3.63, 3.8) is 0 Å². The number of anilines is 2. The van der Waals surface area contributed by atoms with Gasteiger partial charge in [-0.05, 0) is 20.0 Å². The normalized spacial score (nSPS) is 21.0. The molecule has 0 spiro atoms. The lowest BCUT2D eigenvalue weighted by Gasteiger charge is -2.12. The monoisotopic (exact) mass is 224 g/mol. The zero-order valence-electron chi connectivity index (χ0n) is 9.47. The van der Waals surface area contributed by atoms with E-state index in [4.69, 9.17) is 10.5 Å². The molecule has 1 aliphatic heterocycles. The fourth-order valence-corrected chi connectivity index (χ4v) is 1.76. The molecule has 0 aliphatic carbocycles. The summed E-state index contributed by atoms with van der Waals surface area (Å²) in [7, 11) is 3.59. The standard InChI is InChI=1S/C9H16N6O/c1-15-4-3-6(5-15)11-8-12-7(10)13-9(14-8)16-2/h6H,3-5H2,1-2H3,(H3,10,11,12,13,14). The first-order valence-electron chi connectivity index (χ1n) is 5.18. The van der Waals surface area contributed by atoms with E-state index in [9.17, 15) is 0 Å². The second-order valence-electron chi connectivity index (χ2n) is 3.90. The predicted octanol–water partition coefficient (Wildman–Crippen LogP) is -0.422. The molecule has 2 heterocycles. The summed E-state index contributed by atoms with van der Waals surface area (Å²) in [5.41, 5.74) is 5.54. The van der Waals surface area contributed by atoms with Crippen LogP contribution in [0.15, 0.2) is 0 Å². The van der Waals surface area contributed by atoms with Crippen LogP contribution in [0.1, 0.15) is 6.42 Å². The van der Waals surface area contributed by atoms with Crippen LogP contribution in [0, 0.1) is 0 Å². The van der Waals surface area contributed by atoms with Crippen molar-refractivity contribution in [2.75, 3.05) is 38.3 Å². The number of nitrogens with two attached hydrogens (primary N) is 1. The topological polar surface area (TPSA) is 89.2 Å². The van der Waals surface area contributed by atoms with Crippen LogP contribution in [0.5, 0.6) is 6.01 Å². The van der Waals surface area contributed by atoms with Crippen LogP contribution in [0.3, 0.4) is 0 Å². The summed E-state index contributed by atoms with van der Waals surface area (Å²) >= 11 is 0. The summed E-state index contributed by atoms with van der Waals surface area (Å²) in [5, 5.41) is 3.22. The molecular weight excluding hydrogens is 208 g/mol. The van der Waals surface area contributed by atoms with E-state index >= 15 is 0 Å². The summed E-state index contributed by atoms with van der Waals surface area (Å²) < 4.78 is 4.93. The van der Waals surface area contributed by atoms with Crippen molar-refractivity contribution in [3.8, 4) is 6.01 Å². The highest BCUT2D eigenvalue weighted by Crippen LogP contribution is 2.13. The van der Waals surface area contributed by atoms with E-state index in [-0.39, 0.29) is 12.0 Å². The molecule has 88 valence electrons. The van der Waals surface area contributed by atoms with Gasteiger partial charge in [0.2, 0.25) is 11.9 Å². The van der Waals surface area contributed by atoms with Crippen molar-refractivity contribution in [1.82, 2.24) is 19.9 Å². The summed E-state index contributed by atoms with van der Waals surface area (Å²) in [4.78, 5) is 14.2. The summed E-state index contributed by atoms with van der Waals surface area (Å²) in [6.07, 6.45) is 1.07. The molecule has 3 N–H and O–H groups in total. The van der Waals surface area contributed by atoms with E-state index < -0.39 is 0 Å². The van der Waals surface area contributed by atoms with Crippen molar-refractivity contribution in [3.05, 3.63) is 0 Å². The van der Waals surface area contributed by atoms with Crippen molar-refractivity contribution >= 4 is 11.9 Å². The Morgan fingerprint density at radius 2 is 2.25 bits per heavy atom. The van der Waals surface area contributed by atoms with E-state index in [0.717, 1.165) is 19.5 Å². The molecule has 7 nitrogen and oxygen atoms in total. The first-order chi connectivity index (χ1) is 7.67. The zero-order valence-corrected chi connectivity index (χ0v) is 9.47. The number of likely N-dealkylation sites (tertiary alicyclic amines) is 1. The molecule has 1 unspecified atom stereocenters. The van der Waals surface area contributed by atoms with Gasteiger partial charge in [-0.15, -0.1) is 0 Å². The Hall–Kier alpha value is -1.63. The lowest BCUT2D eigenvalue weighted by molar-refractivity contribution is 0.379. The lowest BCUT2D eigenvalue weighted by atomic mass is 10.3. The van der Waals surface area contributed by atoms with E-state index in [1.807, 2.05) is 0 Å². The minimum Gasteiger partial charge on any atom is -0.467 e. The van der Waals surface area contributed by atoms with E-state index in [1.54, 1.807) is 0 Å². The average Bonchev–Trinajstić information content (AvgIpc) is 2.63. The maximum absolute atomic E-state index is 5.54. The van der Waals surface area contributed by atoms with Gasteiger partial charge >= 0.3 is 6.01 Å². The van der Waals surface area contributed by atoms with Gasteiger partial charge in [0, 0.05) is 12.6 Å². The molecule has 1 saturated heterocycles. The first kappa shape index (κ1) is 10.9. The van der Waals surface area contributed by atoms with Crippen LogP contribution in [-0.4, -0.2) is 53.1 Å². The molecule has 1 atom stereocenters. The van der Waals surface area contributed by atoms with Crippen molar-refractivity contribution in [1.29, 1.82) is 0 Å². The number of likely N-dealkylation sites (N-methyl/N-ethyl adjacent to an activating group) is 1. The number of nitrogen functional groups attached to an aromatic ring is 1. The van der Waals surface area contributed by atoms with Crippen LogP contribution in [0.4, 0.5) is 11.9 Å². The summed E-state index contributed by atoms with van der Waals surface area (Å²) in [6.45, 7) is 2.06.